The highest BCUT2D eigenvalue weighted by atomic mass is 79.9. The maximum absolute atomic E-state index is 11.8. The van der Waals surface area contributed by atoms with Gasteiger partial charge in [-0.2, -0.15) is 0 Å². The van der Waals surface area contributed by atoms with Crippen LogP contribution < -0.4 is 9.47 Å². The second-order valence-electron chi connectivity index (χ2n) is 5.21. The highest BCUT2D eigenvalue weighted by Gasteiger charge is 2.23. The summed E-state index contributed by atoms with van der Waals surface area (Å²) in [6.45, 7) is 2.10. The molecule has 0 atom stereocenters. The Bertz CT molecular complexity index is 964. The molecular weight excluding hydrogens is 364 g/mol. The molecule has 0 unspecified atom stereocenters. The molecule has 4 rings (SSSR count). The Kier molecular flexibility index (Phi) is 3.05. The topological polar surface area (TPSA) is 73.1 Å². The number of halogens is 1. The number of imidazole rings is 1. The van der Waals surface area contributed by atoms with Crippen LogP contribution in [0.3, 0.4) is 0 Å². The van der Waals surface area contributed by atoms with E-state index in [1.165, 1.54) is 0 Å². The van der Waals surface area contributed by atoms with Gasteiger partial charge in [0.25, 0.3) is 0 Å². The molecule has 0 saturated carbocycles. The van der Waals surface area contributed by atoms with Gasteiger partial charge in [0.1, 0.15) is 11.3 Å². The molecule has 3 aromatic rings. The van der Waals surface area contributed by atoms with Crippen LogP contribution in [0.1, 0.15) is 16.1 Å². The molecule has 0 aliphatic carbocycles. The second kappa shape index (κ2) is 4.99. The van der Waals surface area contributed by atoms with Crippen molar-refractivity contribution in [3.63, 3.8) is 0 Å². The molecule has 0 saturated heterocycles. The van der Waals surface area contributed by atoms with E-state index in [0.29, 0.717) is 28.4 Å². The average Bonchev–Trinajstić information content (AvgIpc) is 3.10. The molecule has 6 nitrogen and oxygen atoms in total. The predicted molar refractivity (Wildman–Crippen MR) is 86.1 cm³/mol. The zero-order valence-corrected chi connectivity index (χ0v) is 13.6. The summed E-state index contributed by atoms with van der Waals surface area (Å²) in [6.07, 6.45) is 1.72. The minimum absolute atomic E-state index is 0.111. The molecule has 0 fully saturated rings. The molecule has 1 N–H and O–H groups in total. The number of aromatic nitrogens is 2. The van der Waals surface area contributed by atoms with Crippen LogP contribution in [0.2, 0.25) is 0 Å². The monoisotopic (exact) mass is 374 g/mol. The van der Waals surface area contributed by atoms with Crippen molar-refractivity contribution in [2.45, 2.75) is 6.92 Å². The third kappa shape index (κ3) is 2.16. The normalized spacial score (nSPS) is 12.8. The van der Waals surface area contributed by atoms with Gasteiger partial charge >= 0.3 is 5.97 Å². The van der Waals surface area contributed by atoms with Gasteiger partial charge in [-0.15, -0.1) is 0 Å². The van der Waals surface area contributed by atoms with Crippen molar-refractivity contribution >= 4 is 27.5 Å². The van der Waals surface area contributed by atoms with Gasteiger partial charge < -0.3 is 14.6 Å². The SMILES string of the molecule is Cc1cc2nc(-c3ccc4c(c3)OCO4)c(C(=O)O)n2cc1Br. The Labute approximate surface area is 139 Å². The summed E-state index contributed by atoms with van der Waals surface area (Å²) >= 11 is 3.43. The van der Waals surface area contributed by atoms with Crippen molar-refractivity contribution in [3.05, 3.63) is 46.2 Å². The van der Waals surface area contributed by atoms with Gasteiger partial charge in [-0.05, 0) is 52.7 Å². The molecular formula is C16H11BrN2O4. The first kappa shape index (κ1) is 14.1. The van der Waals surface area contributed by atoms with Crippen LogP contribution in [-0.2, 0) is 0 Å². The lowest BCUT2D eigenvalue weighted by Gasteiger charge is -2.03. The van der Waals surface area contributed by atoms with E-state index < -0.39 is 5.97 Å². The van der Waals surface area contributed by atoms with Crippen molar-refractivity contribution in [2.75, 3.05) is 6.79 Å². The number of rotatable bonds is 2. The third-order valence-electron chi connectivity index (χ3n) is 3.75. The van der Waals surface area contributed by atoms with E-state index in [-0.39, 0.29) is 12.5 Å². The number of nitrogens with zero attached hydrogens (tertiary/aromatic N) is 2. The van der Waals surface area contributed by atoms with Gasteiger partial charge in [0.15, 0.2) is 17.2 Å². The molecule has 3 heterocycles. The molecule has 23 heavy (non-hydrogen) atoms. The van der Waals surface area contributed by atoms with Crippen LogP contribution in [0.15, 0.2) is 34.9 Å². The van der Waals surface area contributed by atoms with Crippen LogP contribution in [0.4, 0.5) is 0 Å². The summed E-state index contributed by atoms with van der Waals surface area (Å²) < 4.78 is 13.0. The minimum Gasteiger partial charge on any atom is -0.476 e. The maximum atomic E-state index is 11.8. The van der Waals surface area contributed by atoms with Gasteiger partial charge in [-0.3, -0.25) is 4.40 Å². The van der Waals surface area contributed by atoms with E-state index in [4.69, 9.17) is 9.47 Å². The van der Waals surface area contributed by atoms with Gasteiger partial charge in [-0.25, -0.2) is 9.78 Å². The number of hydrogen-bond donors (Lipinski definition) is 1. The molecule has 0 bridgehead atoms. The molecule has 0 amide bonds. The second-order valence-corrected chi connectivity index (χ2v) is 6.07. The summed E-state index contributed by atoms with van der Waals surface area (Å²) in [5, 5.41) is 9.64. The third-order valence-corrected chi connectivity index (χ3v) is 4.58. The van der Waals surface area contributed by atoms with Crippen LogP contribution in [0.25, 0.3) is 16.9 Å². The van der Waals surface area contributed by atoms with E-state index in [2.05, 4.69) is 20.9 Å². The summed E-state index contributed by atoms with van der Waals surface area (Å²) in [5.41, 5.74) is 2.74. The fraction of sp³-hybridized carbons (Fsp3) is 0.125. The van der Waals surface area contributed by atoms with Crippen LogP contribution >= 0.6 is 15.9 Å². The zero-order chi connectivity index (χ0) is 16.1. The Morgan fingerprint density at radius 1 is 1.30 bits per heavy atom. The largest absolute Gasteiger partial charge is 0.476 e. The minimum atomic E-state index is -1.04. The Balaban J connectivity index is 1.99. The fourth-order valence-electron chi connectivity index (χ4n) is 2.61. The Morgan fingerprint density at radius 3 is 2.87 bits per heavy atom. The van der Waals surface area contributed by atoms with E-state index in [0.717, 1.165) is 10.0 Å². The Morgan fingerprint density at radius 2 is 2.09 bits per heavy atom. The van der Waals surface area contributed by atoms with E-state index >= 15 is 0 Å². The van der Waals surface area contributed by atoms with Crippen molar-refractivity contribution in [3.8, 4) is 22.8 Å². The predicted octanol–water partition coefficient (Wildman–Crippen LogP) is 3.50. The summed E-state index contributed by atoms with van der Waals surface area (Å²) in [6, 6.07) is 7.13. The van der Waals surface area contributed by atoms with Crippen LogP contribution in [-0.4, -0.2) is 27.3 Å². The summed E-state index contributed by atoms with van der Waals surface area (Å²) in [7, 11) is 0. The average molecular weight is 375 g/mol. The number of pyridine rings is 1. The van der Waals surface area contributed by atoms with E-state index in [9.17, 15) is 9.90 Å². The number of fused-ring (bicyclic) bond motifs is 2. The molecule has 116 valence electrons. The molecule has 1 aliphatic heterocycles. The quantitative estimate of drug-likeness (QED) is 0.742. The number of carbonyl (C=O) groups is 1. The summed E-state index contributed by atoms with van der Waals surface area (Å²) in [5.74, 6) is 0.196. The number of benzene rings is 1. The lowest BCUT2D eigenvalue weighted by Crippen LogP contribution is -2.04. The van der Waals surface area contributed by atoms with Crippen molar-refractivity contribution in [2.24, 2.45) is 0 Å². The van der Waals surface area contributed by atoms with E-state index in [1.54, 1.807) is 28.8 Å². The number of ether oxygens (including phenoxy) is 2. The highest BCUT2D eigenvalue weighted by Crippen LogP contribution is 2.37. The van der Waals surface area contributed by atoms with Gasteiger partial charge in [0, 0.05) is 16.2 Å². The van der Waals surface area contributed by atoms with Gasteiger partial charge in [-0.1, -0.05) is 0 Å². The number of hydrogen-bond acceptors (Lipinski definition) is 4. The van der Waals surface area contributed by atoms with Crippen molar-refractivity contribution in [1.29, 1.82) is 0 Å². The smallest absolute Gasteiger partial charge is 0.355 e. The van der Waals surface area contributed by atoms with E-state index in [1.807, 2.05) is 13.0 Å². The maximum Gasteiger partial charge on any atom is 0.355 e. The zero-order valence-electron chi connectivity index (χ0n) is 12.0. The first-order valence-electron chi connectivity index (χ1n) is 6.86. The Hall–Kier alpha value is -2.54. The summed E-state index contributed by atoms with van der Waals surface area (Å²) in [4.78, 5) is 16.3. The van der Waals surface area contributed by atoms with Crippen molar-refractivity contribution in [1.82, 2.24) is 9.38 Å². The van der Waals surface area contributed by atoms with Crippen LogP contribution in [0, 0.1) is 6.92 Å². The van der Waals surface area contributed by atoms with Crippen molar-refractivity contribution < 1.29 is 19.4 Å². The first-order chi connectivity index (χ1) is 11.0. The highest BCUT2D eigenvalue weighted by molar-refractivity contribution is 9.10. The first-order valence-corrected chi connectivity index (χ1v) is 7.65. The molecule has 1 aromatic carbocycles. The number of aryl methyl sites for hydroxylation is 1. The number of carboxylic acids is 1. The lowest BCUT2D eigenvalue weighted by atomic mass is 10.1. The number of carboxylic acid groups (broad SMARTS) is 1. The lowest BCUT2D eigenvalue weighted by molar-refractivity contribution is 0.0690. The van der Waals surface area contributed by atoms with Gasteiger partial charge in [0.05, 0.1) is 0 Å². The molecule has 1 aliphatic rings. The molecule has 2 aromatic heterocycles. The fourth-order valence-corrected chi connectivity index (χ4v) is 2.93. The van der Waals surface area contributed by atoms with Gasteiger partial charge in [0.2, 0.25) is 6.79 Å². The number of aromatic carboxylic acids is 1. The van der Waals surface area contributed by atoms with Crippen LogP contribution in [0.5, 0.6) is 11.5 Å². The molecule has 7 heteroatoms. The standard InChI is InChI=1S/C16H11BrN2O4/c1-8-4-13-18-14(15(16(20)21)19(13)6-10(8)17)9-2-3-11-12(5-9)23-7-22-11/h2-6H,7H2,1H3,(H,20,21). The molecule has 0 spiro atoms. The molecule has 0 radical (unpaired) electrons.